The largest absolute Gasteiger partial charge is 0.497 e. The number of hydrogen-bond acceptors (Lipinski definition) is 4. The summed E-state index contributed by atoms with van der Waals surface area (Å²) in [5, 5.41) is 0. The molecule has 0 saturated carbocycles. The van der Waals surface area contributed by atoms with Crippen LogP contribution in [-0.2, 0) is 11.2 Å². The van der Waals surface area contributed by atoms with Crippen molar-refractivity contribution in [1.82, 2.24) is 0 Å². The van der Waals surface area contributed by atoms with Crippen LogP contribution < -0.4 is 19.9 Å². The van der Waals surface area contributed by atoms with Crippen LogP contribution in [0.5, 0.6) is 17.2 Å². The van der Waals surface area contributed by atoms with Crippen LogP contribution in [-0.4, -0.2) is 19.6 Å². The topological polar surface area (TPSA) is 70.8 Å². The highest BCUT2D eigenvalue weighted by atomic mass is 19.3. The van der Waals surface area contributed by atoms with Gasteiger partial charge in [0, 0.05) is 11.1 Å². The molecule has 4 rings (SSSR count). The van der Waals surface area contributed by atoms with Gasteiger partial charge in [0.1, 0.15) is 23.4 Å². The molecule has 3 aromatic rings. The average molecular weight is 411 g/mol. The lowest BCUT2D eigenvalue weighted by atomic mass is 9.87. The molecule has 0 aromatic heterocycles. The van der Waals surface area contributed by atoms with Gasteiger partial charge >= 0.3 is 6.61 Å². The van der Waals surface area contributed by atoms with Crippen molar-refractivity contribution in [2.24, 2.45) is 5.73 Å². The van der Waals surface area contributed by atoms with Crippen molar-refractivity contribution in [3.8, 4) is 28.4 Å². The van der Waals surface area contributed by atoms with Gasteiger partial charge in [-0.2, -0.15) is 8.78 Å². The molecule has 1 amide bonds. The van der Waals surface area contributed by atoms with Gasteiger partial charge in [0.2, 0.25) is 5.91 Å². The smallest absolute Gasteiger partial charge is 0.387 e. The summed E-state index contributed by atoms with van der Waals surface area (Å²) in [6.07, 6.45) is -0.475. The summed E-state index contributed by atoms with van der Waals surface area (Å²) in [5.74, 6) is 0.643. The second-order valence-electron chi connectivity index (χ2n) is 6.85. The standard InChI is InChI=1S/C23H19F2NO4/c1-28-15-5-2-4-14(12-15)22-17-10-13(11-20(26)27)8-9-16(17)21-18(29-22)6-3-7-19(21)30-23(24)25/h2-10,12,22-23H,11H2,1H3,(H2,26,27). The molecule has 0 bridgehead atoms. The molecule has 1 aliphatic rings. The van der Waals surface area contributed by atoms with E-state index in [1.165, 1.54) is 6.07 Å². The molecule has 3 aromatic carbocycles. The van der Waals surface area contributed by atoms with E-state index in [9.17, 15) is 13.6 Å². The maximum Gasteiger partial charge on any atom is 0.387 e. The first-order valence-corrected chi connectivity index (χ1v) is 9.26. The van der Waals surface area contributed by atoms with E-state index in [0.29, 0.717) is 28.2 Å². The van der Waals surface area contributed by atoms with Crippen LogP contribution in [0.15, 0.2) is 60.7 Å². The maximum atomic E-state index is 13.0. The van der Waals surface area contributed by atoms with E-state index < -0.39 is 18.6 Å². The van der Waals surface area contributed by atoms with Crippen LogP contribution >= 0.6 is 0 Å². The minimum Gasteiger partial charge on any atom is -0.497 e. The molecule has 0 radical (unpaired) electrons. The van der Waals surface area contributed by atoms with Crippen molar-refractivity contribution in [2.45, 2.75) is 19.1 Å². The molecular formula is C23H19F2NO4. The summed E-state index contributed by atoms with van der Waals surface area (Å²) in [6, 6.07) is 17.5. The van der Waals surface area contributed by atoms with E-state index in [1.54, 1.807) is 31.4 Å². The van der Waals surface area contributed by atoms with E-state index in [2.05, 4.69) is 0 Å². The summed E-state index contributed by atoms with van der Waals surface area (Å²) in [5.41, 5.74) is 8.72. The Bertz CT molecular complexity index is 1100. The normalized spacial score (nSPS) is 14.5. The van der Waals surface area contributed by atoms with Crippen molar-refractivity contribution in [3.63, 3.8) is 0 Å². The van der Waals surface area contributed by atoms with Crippen LogP contribution in [0.3, 0.4) is 0 Å². The van der Waals surface area contributed by atoms with Crippen molar-refractivity contribution < 1.29 is 27.8 Å². The van der Waals surface area contributed by atoms with Crippen LogP contribution in [0.25, 0.3) is 11.1 Å². The second kappa shape index (κ2) is 8.02. The molecule has 1 aliphatic heterocycles. The molecule has 2 N–H and O–H groups in total. The van der Waals surface area contributed by atoms with Crippen LogP contribution in [0, 0.1) is 0 Å². The quantitative estimate of drug-likeness (QED) is 0.650. The number of primary amides is 1. The zero-order chi connectivity index (χ0) is 21.3. The lowest BCUT2D eigenvalue weighted by Gasteiger charge is -2.31. The fourth-order valence-corrected chi connectivity index (χ4v) is 3.68. The number of halogens is 2. The van der Waals surface area contributed by atoms with E-state index in [1.807, 2.05) is 30.3 Å². The van der Waals surface area contributed by atoms with Crippen molar-refractivity contribution >= 4 is 5.91 Å². The van der Waals surface area contributed by atoms with Gasteiger partial charge < -0.3 is 19.9 Å². The average Bonchev–Trinajstić information content (AvgIpc) is 2.72. The van der Waals surface area contributed by atoms with Gasteiger partial charge in [-0.05, 0) is 35.4 Å². The zero-order valence-corrected chi connectivity index (χ0v) is 16.1. The lowest BCUT2D eigenvalue weighted by Crippen LogP contribution is -2.18. The Morgan fingerprint density at radius 2 is 1.93 bits per heavy atom. The van der Waals surface area contributed by atoms with Gasteiger partial charge in [0.25, 0.3) is 0 Å². The number of carbonyl (C=O) groups is 1. The number of hydrogen-bond donors (Lipinski definition) is 1. The number of rotatable bonds is 6. The number of amides is 1. The molecule has 0 aliphatic carbocycles. The SMILES string of the molecule is COc1cccc(C2Oc3cccc(OC(F)F)c3-c3ccc(CC(N)=O)cc32)c1. The number of alkyl halides is 2. The number of fused-ring (bicyclic) bond motifs is 3. The predicted octanol–water partition coefficient (Wildman–Crippen LogP) is 4.47. The Kier molecular flexibility index (Phi) is 5.27. The highest BCUT2D eigenvalue weighted by Crippen LogP contribution is 2.49. The van der Waals surface area contributed by atoms with E-state index in [0.717, 1.165) is 11.1 Å². The predicted molar refractivity (Wildman–Crippen MR) is 107 cm³/mol. The number of carbonyl (C=O) groups excluding carboxylic acids is 1. The molecule has 1 atom stereocenters. The van der Waals surface area contributed by atoms with Crippen LogP contribution in [0.2, 0.25) is 0 Å². The van der Waals surface area contributed by atoms with Crippen molar-refractivity contribution in [1.29, 1.82) is 0 Å². The molecule has 1 unspecified atom stereocenters. The van der Waals surface area contributed by atoms with Crippen molar-refractivity contribution in [2.75, 3.05) is 7.11 Å². The van der Waals surface area contributed by atoms with Gasteiger partial charge in [0.15, 0.2) is 0 Å². The molecule has 0 saturated heterocycles. The first-order valence-electron chi connectivity index (χ1n) is 9.26. The molecule has 1 heterocycles. The van der Waals surface area contributed by atoms with Gasteiger partial charge in [-0.1, -0.05) is 36.4 Å². The van der Waals surface area contributed by atoms with Gasteiger partial charge in [0.05, 0.1) is 19.1 Å². The minimum absolute atomic E-state index is 0.0236. The van der Waals surface area contributed by atoms with Crippen molar-refractivity contribution in [3.05, 3.63) is 77.4 Å². The van der Waals surface area contributed by atoms with Gasteiger partial charge in [-0.25, -0.2) is 0 Å². The highest BCUT2D eigenvalue weighted by molar-refractivity contribution is 5.83. The summed E-state index contributed by atoms with van der Waals surface area (Å²) >= 11 is 0. The molecule has 154 valence electrons. The number of nitrogens with two attached hydrogens (primary N) is 1. The fraction of sp³-hybridized carbons (Fsp3) is 0.174. The first kappa shape index (κ1) is 19.7. The molecule has 30 heavy (non-hydrogen) atoms. The molecule has 0 spiro atoms. The Hall–Kier alpha value is -3.61. The van der Waals surface area contributed by atoms with Gasteiger partial charge in [-0.3, -0.25) is 4.79 Å². The third-order valence-electron chi connectivity index (χ3n) is 4.89. The monoisotopic (exact) mass is 411 g/mol. The second-order valence-corrected chi connectivity index (χ2v) is 6.85. The Labute approximate surface area is 172 Å². The molecule has 0 fully saturated rings. The van der Waals surface area contributed by atoms with Gasteiger partial charge in [-0.15, -0.1) is 0 Å². The highest BCUT2D eigenvalue weighted by Gasteiger charge is 2.31. The zero-order valence-electron chi connectivity index (χ0n) is 16.1. The third-order valence-corrected chi connectivity index (χ3v) is 4.89. The summed E-state index contributed by atoms with van der Waals surface area (Å²) in [4.78, 5) is 11.4. The van der Waals surface area contributed by atoms with E-state index in [-0.39, 0.29) is 12.2 Å². The number of benzene rings is 3. The van der Waals surface area contributed by atoms with Crippen LogP contribution in [0.1, 0.15) is 22.8 Å². The summed E-state index contributed by atoms with van der Waals surface area (Å²) < 4.78 is 42.2. The number of methoxy groups -OCH3 is 1. The first-order chi connectivity index (χ1) is 14.5. The third kappa shape index (κ3) is 3.78. The molecular weight excluding hydrogens is 392 g/mol. The lowest BCUT2D eigenvalue weighted by molar-refractivity contribution is -0.117. The fourth-order valence-electron chi connectivity index (χ4n) is 3.68. The maximum absolute atomic E-state index is 13.0. The van der Waals surface area contributed by atoms with E-state index >= 15 is 0 Å². The van der Waals surface area contributed by atoms with E-state index in [4.69, 9.17) is 19.9 Å². The number of ether oxygens (including phenoxy) is 3. The van der Waals surface area contributed by atoms with Crippen LogP contribution in [0.4, 0.5) is 8.78 Å². The molecule has 7 heteroatoms. The summed E-state index contributed by atoms with van der Waals surface area (Å²) in [6.45, 7) is -2.97. The Morgan fingerprint density at radius 3 is 2.67 bits per heavy atom. The molecule has 5 nitrogen and oxygen atoms in total. The minimum atomic E-state index is -2.97. The Morgan fingerprint density at radius 1 is 1.13 bits per heavy atom. The summed E-state index contributed by atoms with van der Waals surface area (Å²) in [7, 11) is 1.57. The Balaban J connectivity index is 1.90.